The van der Waals surface area contributed by atoms with Gasteiger partial charge in [-0.2, -0.15) is 0 Å². The Hall–Kier alpha value is -3.03. The average molecular weight is 431 g/mol. The third kappa shape index (κ3) is 4.24. The van der Waals surface area contributed by atoms with E-state index in [0.717, 1.165) is 31.2 Å². The van der Waals surface area contributed by atoms with Crippen molar-refractivity contribution < 1.29 is 23.0 Å². The van der Waals surface area contributed by atoms with Crippen molar-refractivity contribution in [2.45, 2.75) is 31.7 Å². The fraction of sp³-hybridized carbons (Fsp3) is 0.435. The molecule has 1 unspecified atom stereocenters. The fourth-order valence-corrected chi connectivity index (χ4v) is 4.51. The summed E-state index contributed by atoms with van der Waals surface area (Å²) in [6, 6.07) is 7.22. The van der Waals surface area contributed by atoms with Crippen LogP contribution in [-0.2, 0) is 0 Å². The molecule has 2 saturated heterocycles. The molecule has 2 aliphatic heterocycles. The number of nitrogens with one attached hydrogen (secondary N) is 1. The van der Waals surface area contributed by atoms with Gasteiger partial charge in [-0.3, -0.25) is 0 Å². The van der Waals surface area contributed by atoms with Crippen molar-refractivity contribution in [1.29, 1.82) is 0 Å². The summed E-state index contributed by atoms with van der Waals surface area (Å²) in [6.45, 7) is 1.81. The van der Waals surface area contributed by atoms with Crippen LogP contribution in [0.5, 0.6) is 11.5 Å². The number of benzene rings is 2. The summed E-state index contributed by atoms with van der Waals surface area (Å²) in [7, 11) is 3.16. The van der Waals surface area contributed by atoms with Crippen LogP contribution in [0, 0.1) is 11.6 Å². The van der Waals surface area contributed by atoms with Crippen LogP contribution in [0.25, 0.3) is 0 Å². The maximum atomic E-state index is 14.6. The lowest BCUT2D eigenvalue weighted by atomic mass is 10.0. The summed E-state index contributed by atoms with van der Waals surface area (Å²) in [5.74, 6) is 0.0107. The number of carbonyl (C=O) groups is 1. The van der Waals surface area contributed by atoms with Gasteiger partial charge in [-0.05, 0) is 56.0 Å². The summed E-state index contributed by atoms with van der Waals surface area (Å²) in [6.07, 6.45) is 3.41. The lowest BCUT2D eigenvalue weighted by Crippen LogP contribution is -2.34. The number of nitrogens with zero attached hydrogens (tertiary/aromatic N) is 2. The molecule has 2 amide bonds. The van der Waals surface area contributed by atoms with Gasteiger partial charge in [0.25, 0.3) is 0 Å². The molecular formula is C23H27F2N3O3. The largest absolute Gasteiger partial charge is 0.497 e. The molecule has 8 heteroatoms. The van der Waals surface area contributed by atoms with Crippen molar-refractivity contribution in [2.24, 2.45) is 0 Å². The minimum atomic E-state index is -0.662. The Balaban J connectivity index is 1.54. The predicted octanol–water partition coefficient (Wildman–Crippen LogP) is 4.95. The summed E-state index contributed by atoms with van der Waals surface area (Å²) >= 11 is 0. The van der Waals surface area contributed by atoms with Crippen LogP contribution >= 0.6 is 0 Å². The number of rotatable bonds is 5. The molecule has 6 nitrogen and oxygen atoms in total. The van der Waals surface area contributed by atoms with Gasteiger partial charge in [0.1, 0.15) is 17.2 Å². The molecule has 2 aromatic carbocycles. The van der Waals surface area contributed by atoms with Gasteiger partial charge >= 0.3 is 6.03 Å². The maximum absolute atomic E-state index is 14.6. The molecule has 0 saturated carbocycles. The van der Waals surface area contributed by atoms with Crippen molar-refractivity contribution in [3.63, 3.8) is 0 Å². The summed E-state index contributed by atoms with van der Waals surface area (Å²) in [5, 5.41) is 2.67. The van der Waals surface area contributed by atoms with E-state index < -0.39 is 17.7 Å². The van der Waals surface area contributed by atoms with E-state index in [0.29, 0.717) is 31.1 Å². The molecule has 166 valence electrons. The number of hydrogen-bond acceptors (Lipinski definition) is 4. The van der Waals surface area contributed by atoms with Crippen molar-refractivity contribution in [3.8, 4) is 11.5 Å². The van der Waals surface area contributed by atoms with E-state index in [4.69, 9.17) is 9.47 Å². The molecule has 0 aliphatic carbocycles. The van der Waals surface area contributed by atoms with Crippen molar-refractivity contribution in [2.75, 3.05) is 44.1 Å². The number of urea groups is 1. The van der Waals surface area contributed by atoms with Gasteiger partial charge in [0, 0.05) is 30.9 Å². The number of hydrogen-bond donors (Lipinski definition) is 1. The zero-order valence-corrected chi connectivity index (χ0v) is 17.8. The molecule has 2 heterocycles. The van der Waals surface area contributed by atoms with Crippen LogP contribution < -0.4 is 19.7 Å². The quantitative estimate of drug-likeness (QED) is 0.728. The first-order valence-corrected chi connectivity index (χ1v) is 10.6. The molecule has 2 aliphatic rings. The molecule has 1 N–H and O–H groups in total. The number of halogens is 2. The van der Waals surface area contributed by atoms with E-state index in [-0.39, 0.29) is 17.4 Å². The van der Waals surface area contributed by atoms with Gasteiger partial charge < -0.3 is 24.6 Å². The fourth-order valence-electron chi connectivity index (χ4n) is 4.51. The SMILES string of the molecule is COc1ccc(OC)c(C2CCCN2C(=O)Nc2cc(F)c(N3CCCC3)c(F)c2)c1. The van der Waals surface area contributed by atoms with E-state index in [9.17, 15) is 13.6 Å². The second-order valence-corrected chi connectivity index (χ2v) is 7.87. The summed E-state index contributed by atoms with van der Waals surface area (Å²) in [4.78, 5) is 16.4. The predicted molar refractivity (Wildman–Crippen MR) is 115 cm³/mol. The third-order valence-corrected chi connectivity index (χ3v) is 6.00. The van der Waals surface area contributed by atoms with E-state index in [1.54, 1.807) is 30.1 Å². The van der Waals surface area contributed by atoms with Gasteiger partial charge in [-0.25, -0.2) is 13.6 Å². The molecule has 2 fully saturated rings. The molecule has 0 spiro atoms. The number of anilines is 2. The van der Waals surface area contributed by atoms with Crippen LogP contribution in [-0.4, -0.2) is 44.8 Å². The van der Waals surface area contributed by atoms with E-state index in [2.05, 4.69) is 5.32 Å². The average Bonchev–Trinajstić information content (AvgIpc) is 3.45. The first kappa shape index (κ1) is 21.2. The normalized spacial score (nSPS) is 18.4. The molecule has 1 atom stereocenters. The monoisotopic (exact) mass is 431 g/mol. The smallest absolute Gasteiger partial charge is 0.322 e. The van der Waals surface area contributed by atoms with E-state index >= 15 is 0 Å². The van der Waals surface area contributed by atoms with Gasteiger partial charge in [0.15, 0.2) is 11.6 Å². The molecular weight excluding hydrogens is 404 g/mol. The number of likely N-dealkylation sites (tertiary alicyclic amines) is 1. The highest BCUT2D eigenvalue weighted by Crippen LogP contribution is 2.39. The molecule has 0 radical (unpaired) electrons. The third-order valence-electron chi connectivity index (χ3n) is 6.00. The Kier molecular flexibility index (Phi) is 6.15. The van der Waals surface area contributed by atoms with Crippen LogP contribution in [0.2, 0.25) is 0 Å². The Morgan fingerprint density at radius 2 is 1.71 bits per heavy atom. The van der Waals surface area contributed by atoms with Crippen LogP contribution in [0.3, 0.4) is 0 Å². The number of carbonyl (C=O) groups excluding carboxylic acids is 1. The number of amides is 2. The Morgan fingerprint density at radius 1 is 1.00 bits per heavy atom. The Morgan fingerprint density at radius 3 is 2.35 bits per heavy atom. The summed E-state index contributed by atoms with van der Waals surface area (Å²) in [5.41, 5.74) is 0.929. The maximum Gasteiger partial charge on any atom is 0.322 e. The first-order valence-electron chi connectivity index (χ1n) is 10.6. The lowest BCUT2D eigenvalue weighted by Gasteiger charge is -2.27. The zero-order chi connectivity index (χ0) is 22.0. The first-order chi connectivity index (χ1) is 15.0. The highest BCUT2D eigenvalue weighted by Gasteiger charge is 2.32. The molecule has 0 bridgehead atoms. The topological polar surface area (TPSA) is 54.0 Å². The Labute approximate surface area is 180 Å². The second-order valence-electron chi connectivity index (χ2n) is 7.87. The molecule has 2 aromatic rings. The second kappa shape index (κ2) is 8.99. The molecule has 4 rings (SSSR count). The van der Waals surface area contributed by atoms with Crippen molar-refractivity contribution in [3.05, 3.63) is 47.5 Å². The molecule has 31 heavy (non-hydrogen) atoms. The zero-order valence-electron chi connectivity index (χ0n) is 17.8. The van der Waals surface area contributed by atoms with E-state index in [1.165, 1.54) is 12.1 Å². The van der Waals surface area contributed by atoms with Crippen LogP contribution in [0.1, 0.15) is 37.3 Å². The minimum Gasteiger partial charge on any atom is -0.497 e. The lowest BCUT2D eigenvalue weighted by molar-refractivity contribution is 0.206. The van der Waals surface area contributed by atoms with Crippen molar-refractivity contribution >= 4 is 17.4 Å². The summed E-state index contributed by atoms with van der Waals surface area (Å²) < 4.78 is 40.1. The van der Waals surface area contributed by atoms with Crippen LogP contribution in [0.4, 0.5) is 25.0 Å². The number of ether oxygens (including phenoxy) is 2. The highest BCUT2D eigenvalue weighted by atomic mass is 19.1. The van der Waals surface area contributed by atoms with E-state index in [1.807, 2.05) is 12.1 Å². The minimum absolute atomic E-state index is 0.0179. The van der Waals surface area contributed by atoms with Crippen LogP contribution in [0.15, 0.2) is 30.3 Å². The van der Waals surface area contributed by atoms with Gasteiger partial charge in [-0.1, -0.05) is 0 Å². The number of methoxy groups -OCH3 is 2. The molecule has 0 aromatic heterocycles. The standard InChI is InChI=1S/C23H27F2N3O3/c1-30-16-7-8-21(31-2)17(14-16)20-6-5-11-28(20)23(29)26-15-12-18(24)22(19(25)13-15)27-9-3-4-10-27/h7-8,12-14,20H,3-6,9-11H2,1-2H3,(H,26,29). The highest BCUT2D eigenvalue weighted by molar-refractivity contribution is 5.90. The van der Waals surface area contributed by atoms with Gasteiger partial charge in [-0.15, -0.1) is 0 Å². The van der Waals surface area contributed by atoms with Crippen molar-refractivity contribution in [1.82, 2.24) is 4.90 Å². The Bertz CT molecular complexity index is 940. The van der Waals surface area contributed by atoms with Gasteiger partial charge in [0.2, 0.25) is 0 Å². The van der Waals surface area contributed by atoms with Gasteiger partial charge in [0.05, 0.1) is 20.3 Å².